The van der Waals surface area contributed by atoms with Crippen LogP contribution in [0, 0.1) is 0 Å². The molecule has 104 valence electrons. The van der Waals surface area contributed by atoms with Crippen LogP contribution in [-0.4, -0.2) is 59.8 Å². The van der Waals surface area contributed by atoms with Gasteiger partial charge in [-0.25, -0.2) is 9.78 Å². The fourth-order valence-electron chi connectivity index (χ4n) is 2.11. The number of nitrogens with zero attached hydrogens (tertiary/aromatic N) is 2. The summed E-state index contributed by atoms with van der Waals surface area (Å²) in [5.74, 6) is -0.341. The highest BCUT2D eigenvalue weighted by Crippen LogP contribution is 2.09. The maximum Gasteiger partial charge on any atom is 0.335 e. The van der Waals surface area contributed by atoms with Crippen molar-refractivity contribution in [3.63, 3.8) is 0 Å². The van der Waals surface area contributed by atoms with Gasteiger partial charge in [0.2, 0.25) is 0 Å². The van der Waals surface area contributed by atoms with E-state index in [2.05, 4.69) is 22.1 Å². The lowest BCUT2D eigenvalue weighted by Crippen LogP contribution is -2.42. The largest absolute Gasteiger partial charge is 0.478 e. The Morgan fingerprint density at radius 1 is 1.58 bits per heavy atom. The molecule has 2 rings (SSSR count). The Kier molecular flexibility index (Phi) is 4.70. The van der Waals surface area contributed by atoms with Crippen molar-refractivity contribution in [2.24, 2.45) is 0 Å². The monoisotopic (exact) mass is 265 g/mol. The van der Waals surface area contributed by atoms with Crippen LogP contribution in [0.1, 0.15) is 17.3 Å². The third-order valence-electron chi connectivity index (χ3n) is 3.04. The first-order chi connectivity index (χ1) is 9.15. The van der Waals surface area contributed by atoms with E-state index in [4.69, 9.17) is 9.84 Å². The van der Waals surface area contributed by atoms with Gasteiger partial charge < -0.3 is 15.2 Å². The van der Waals surface area contributed by atoms with Crippen molar-refractivity contribution in [2.45, 2.75) is 13.0 Å². The van der Waals surface area contributed by atoms with Crippen LogP contribution in [0.5, 0.6) is 0 Å². The molecule has 1 aromatic heterocycles. The van der Waals surface area contributed by atoms with Gasteiger partial charge in [-0.1, -0.05) is 0 Å². The highest BCUT2D eigenvalue weighted by atomic mass is 16.5. The van der Waals surface area contributed by atoms with E-state index in [-0.39, 0.29) is 11.6 Å². The van der Waals surface area contributed by atoms with Gasteiger partial charge in [-0.15, -0.1) is 0 Å². The zero-order valence-corrected chi connectivity index (χ0v) is 11.0. The second kappa shape index (κ2) is 6.49. The van der Waals surface area contributed by atoms with Crippen LogP contribution < -0.4 is 5.32 Å². The Labute approximate surface area is 112 Å². The third kappa shape index (κ3) is 4.18. The number of morpholine rings is 1. The number of carboxylic acids is 1. The van der Waals surface area contributed by atoms with Crippen LogP contribution in [0.25, 0.3) is 0 Å². The molecule has 2 heterocycles. The van der Waals surface area contributed by atoms with Gasteiger partial charge in [0.1, 0.15) is 5.82 Å². The molecular weight excluding hydrogens is 246 g/mol. The van der Waals surface area contributed by atoms with Gasteiger partial charge in [-0.05, 0) is 19.1 Å². The summed E-state index contributed by atoms with van der Waals surface area (Å²) in [5, 5.41) is 12.2. The number of aromatic nitrogens is 1. The van der Waals surface area contributed by atoms with Crippen molar-refractivity contribution in [1.29, 1.82) is 0 Å². The first kappa shape index (κ1) is 13.8. The van der Waals surface area contributed by atoms with Gasteiger partial charge in [0, 0.05) is 31.9 Å². The maximum atomic E-state index is 10.9. The van der Waals surface area contributed by atoms with Crippen LogP contribution >= 0.6 is 0 Å². The zero-order valence-electron chi connectivity index (χ0n) is 11.0. The van der Waals surface area contributed by atoms with Crippen molar-refractivity contribution < 1.29 is 14.6 Å². The molecule has 6 nitrogen and oxygen atoms in total. The molecule has 1 unspecified atom stereocenters. The van der Waals surface area contributed by atoms with E-state index in [1.807, 2.05) is 0 Å². The Bertz CT molecular complexity index is 433. The van der Waals surface area contributed by atoms with E-state index in [9.17, 15) is 4.79 Å². The van der Waals surface area contributed by atoms with Crippen molar-refractivity contribution in [2.75, 3.05) is 38.2 Å². The molecule has 0 spiro atoms. The Morgan fingerprint density at radius 3 is 3.00 bits per heavy atom. The van der Waals surface area contributed by atoms with E-state index < -0.39 is 5.97 Å². The van der Waals surface area contributed by atoms with Crippen LogP contribution in [-0.2, 0) is 4.74 Å². The summed E-state index contributed by atoms with van der Waals surface area (Å²) in [6, 6.07) is 3.24. The summed E-state index contributed by atoms with van der Waals surface area (Å²) < 4.78 is 5.30. The summed E-state index contributed by atoms with van der Waals surface area (Å²) in [4.78, 5) is 17.3. The fourth-order valence-corrected chi connectivity index (χ4v) is 2.11. The minimum absolute atomic E-state index is 0.203. The molecule has 1 aliphatic rings. The van der Waals surface area contributed by atoms with Gasteiger partial charge in [0.15, 0.2) is 0 Å². The molecule has 6 heteroatoms. The number of ether oxygens (including phenoxy) is 1. The van der Waals surface area contributed by atoms with Gasteiger partial charge in [0.05, 0.1) is 18.8 Å². The molecule has 1 saturated heterocycles. The Hall–Kier alpha value is -1.66. The lowest BCUT2D eigenvalue weighted by molar-refractivity contribution is 0.0368. The predicted molar refractivity (Wildman–Crippen MR) is 71.5 cm³/mol. The van der Waals surface area contributed by atoms with Crippen LogP contribution in [0.4, 0.5) is 5.82 Å². The standard InChI is InChI=1S/C13H19N3O3/c1-10(9-16-4-6-19-7-5-16)15-12-8-11(13(17)18)2-3-14-12/h2-3,8,10H,4-7,9H2,1H3,(H,14,15)(H,17,18). The quantitative estimate of drug-likeness (QED) is 0.824. The number of hydrogen-bond donors (Lipinski definition) is 2. The van der Waals surface area contributed by atoms with Crippen molar-refractivity contribution in [3.8, 4) is 0 Å². The van der Waals surface area contributed by atoms with Gasteiger partial charge in [0.25, 0.3) is 0 Å². The van der Waals surface area contributed by atoms with E-state index in [1.54, 1.807) is 6.07 Å². The molecule has 0 aliphatic carbocycles. The summed E-state index contributed by atoms with van der Waals surface area (Å²) in [5.41, 5.74) is 0.246. The molecule has 1 fully saturated rings. The first-order valence-electron chi connectivity index (χ1n) is 6.41. The van der Waals surface area contributed by atoms with E-state index in [1.165, 1.54) is 12.3 Å². The average molecular weight is 265 g/mol. The molecule has 1 aromatic rings. The number of carboxylic acid groups (broad SMARTS) is 1. The van der Waals surface area contributed by atoms with E-state index in [0.717, 1.165) is 32.8 Å². The number of nitrogens with one attached hydrogen (secondary N) is 1. The molecule has 19 heavy (non-hydrogen) atoms. The van der Waals surface area contributed by atoms with Crippen LogP contribution in [0.2, 0.25) is 0 Å². The number of pyridine rings is 1. The second-order valence-corrected chi connectivity index (χ2v) is 4.69. The highest BCUT2D eigenvalue weighted by molar-refractivity contribution is 5.88. The SMILES string of the molecule is CC(CN1CCOCC1)Nc1cc(C(=O)O)ccn1. The summed E-state index contributed by atoms with van der Waals surface area (Å²) >= 11 is 0. The lowest BCUT2D eigenvalue weighted by atomic mass is 10.2. The van der Waals surface area contributed by atoms with E-state index in [0.29, 0.717) is 5.82 Å². The van der Waals surface area contributed by atoms with E-state index >= 15 is 0 Å². The number of rotatable bonds is 5. The predicted octanol–water partition coefficient (Wildman–Crippen LogP) is 0.912. The van der Waals surface area contributed by atoms with Crippen molar-refractivity contribution in [3.05, 3.63) is 23.9 Å². The summed E-state index contributed by atoms with van der Waals surface area (Å²) in [6.45, 7) is 6.38. The molecule has 1 aliphatic heterocycles. The maximum absolute atomic E-state index is 10.9. The number of anilines is 1. The van der Waals surface area contributed by atoms with Gasteiger partial charge in [-0.3, -0.25) is 4.90 Å². The number of hydrogen-bond acceptors (Lipinski definition) is 5. The second-order valence-electron chi connectivity index (χ2n) is 4.69. The fraction of sp³-hybridized carbons (Fsp3) is 0.538. The minimum atomic E-state index is -0.939. The molecule has 0 radical (unpaired) electrons. The summed E-state index contributed by atoms with van der Waals surface area (Å²) in [7, 11) is 0. The first-order valence-corrected chi connectivity index (χ1v) is 6.41. The highest BCUT2D eigenvalue weighted by Gasteiger charge is 2.14. The van der Waals surface area contributed by atoms with Crippen LogP contribution in [0.15, 0.2) is 18.3 Å². The molecular formula is C13H19N3O3. The molecule has 0 bridgehead atoms. The minimum Gasteiger partial charge on any atom is -0.478 e. The third-order valence-corrected chi connectivity index (χ3v) is 3.04. The Morgan fingerprint density at radius 2 is 2.32 bits per heavy atom. The topological polar surface area (TPSA) is 74.7 Å². The molecule has 1 atom stereocenters. The van der Waals surface area contributed by atoms with Crippen molar-refractivity contribution in [1.82, 2.24) is 9.88 Å². The molecule has 0 aromatic carbocycles. The normalized spacial score (nSPS) is 17.9. The molecule has 2 N–H and O–H groups in total. The molecule has 0 saturated carbocycles. The summed E-state index contributed by atoms with van der Waals surface area (Å²) in [6.07, 6.45) is 1.51. The van der Waals surface area contributed by atoms with Gasteiger partial charge in [-0.2, -0.15) is 0 Å². The molecule has 0 amide bonds. The smallest absolute Gasteiger partial charge is 0.335 e. The Balaban J connectivity index is 1.88. The number of aromatic carboxylic acids is 1. The van der Waals surface area contributed by atoms with Gasteiger partial charge >= 0.3 is 5.97 Å². The lowest BCUT2D eigenvalue weighted by Gasteiger charge is -2.29. The average Bonchev–Trinajstić information content (AvgIpc) is 2.40. The number of carbonyl (C=O) groups is 1. The zero-order chi connectivity index (χ0) is 13.7. The van der Waals surface area contributed by atoms with Crippen LogP contribution in [0.3, 0.4) is 0 Å². The van der Waals surface area contributed by atoms with Crippen molar-refractivity contribution >= 4 is 11.8 Å².